The molecule has 0 spiro atoms. The molecule has 0 fully saturated rings. The highest BCUT2D eigenvalue weighted by Gasteiger charge is 2.13. The van der Waals surface area contributed by atoms with Crippen LogP contribution in [0.1, 0.15) is 0 Å². The molecule has 0 aliphatic carbocycles. The number of anilines is 1. The van der Waals surface area contributed by atoms with Crippen LogP contribution in [0.5, 0.6) is 5.75 Å². The van der Waals surface area contributed by atoms with Crippen molar-refractivity contribution in [2.75, 3.05) is 12.8 Å². The van der Waals surface area contributed by atoms with Crippen LogP contribution in [0.25, 0.3) is 22.2 Å². The number of aromatic nitrogens is 2. The number of ether oxygens (including phenoxy) is 1. The van der Waals surface area contributed by atoms with Gasteiger partial charge >= 0.3 is 0 Å². The van der Waals surface area contributed by atoms with Gasteiger partial charge in [-0.05, 0) is 22.9 Å². The van der Waals surface area contributed by atoms with Crippen molar-refractivity contribution >= 4 is 16.6 Å². The third-order valence-electron chi connectivity index (χ3n) is 3.01. The number of benzene rings is 2. The lowest BCUT2D eigenvalue weighted by Gasteiger charge is -2.11. The number of nitrogens with zero attached hydrogens (tertiary/aromatic N) is 2. The number of methoxy groups -OCH3 is 1. The van der Waals surface area contributed by atoms with E-state index in [1.54, 1.807) is 19.4 Å². The fraction of sp³-hybridized carbons (Fsp3) is 0.0667. The molecule has 0 unspecified atom stereocenters. The molecule has 3 aromatic rings. The smallest absolute Gasteiger partial charge is 0.165 e. The maximum absolute atomic E-state index is 5.74. The molecule has 1 aromatic heterocycles. The molecule has 4 heteroatoms. The van der Waals surface area contributed by atoms with Crippen LogP contribution < -0.4 is 10.5 Å². The zero-order valence-corrected chi connectivity index (χ0v) is 10.5. The summed E-state index contributed by atoms with van der Waals surface area (Å²) in [7, 11) is 1.64. The van der Waals surface area contributed by atoms with Crippen LogP contribution in [-0.2, 0) is 0 Å². The van der Waals surface area contributed by atoms with Crippen LogP contribution in [0.4, 0.5) is 5.82 Å². The van der Waals surface area contributed by atoms with Crippen molar-refractivity contribution in [1.29, 1.82) is 0 Å². The van der Waals surface area contributed by atoms with Gasteiger partial charge in [0, 0.05) is 6.20 Å². The second-order valence-electron chi connectivity index (χ2n) is 4.17. The van der Waals surface area contributed by atoms with Crippen molar-refractivity contribution < 1.29 is 4.74 Å². The third kappa shape index (κ3) is 1.97. The van der Waals surface area contributed by atoms with Gasteiger partial charge < -0.3 is 10.5 Å². The molecular formula is C15H13N3O. The van der Waals surface area contributed by atoms with E-state index in [9.17, 15) is 0 Å². The van der Waals surface area contributed by atoms with E-state index in [0.717, 1.165) is 22.1 Å². The number of nitrogen functional groups attached to an aromatic ring is 1. The first-order valence-corrected chi connectivity index (χ1v) is 5.94. The van der Waals surface area contributed by atoms with Gasteiger partial charge in [-0.25, -0.2) is 9.97 Å². The van der Waals surface area contributed by atoms with Gasteiger partial charge in [-0.15, -0.1) is 0 Å². The monoisotopic (exact) mass is 251 g/mol. The van der Waals surface area contributed by atoms with Crippen LogP contribution in [0.2, 0.25) is 0 Å². The molecule has 3 rings (SSSR count). The highest BCUT2D eigenvalue weighted by Crippen LogP contribution is 2.35. The molecule has 0 saturated carbocycles. The van der Waals surface area contributed by atoms with Gasteiger partial charge in [-0.1, -0.05) is 30.3 Å². The fourth-order valence-electron chi connectivity index (χ4n) is 2.15. The SMILES string of the molecule is COc1ccc2ccccc2c1-c1nccc(N)n1. The van der Waals surface area contributed by atoms with E-state index in [-0.39, 0.29) is 0 Å². The molecule has 0 amide bonds. The Kier molecular flexibility index (Phi) is 2.76. The summed E-state index contributed by atoms with van der Waals surface area (Å²) in [4.78, 5) is 8.59. The predicted molar refractivity (Wildman–Crippen MR) is 75.9 cm³/mol. The third-order valence-corrected chi connectivity index (χ3v) is 3.01. The van der Waals surface area contributed by atoms with Crippen molar-refractivity contribution in [2.24, 2.45) is 0 Å². The van der Waals surface area contributed by atoms with E-state index in [1.807, 2.05) is 36.4 Å². The Labute approximate surface area is 110 Å². The summed E-state index contributed by atoms with van der Waals surface area (Å²) in [5.41, 5.74) is 6.61. The number of fused-ring (bicyclic) bond motifs is 1. The van der Waals surface area contributed by atoms with Gasteiger partial charge in [0.05, 0.1) is 12.7 Å². The van der Waals surface area contributed by atoms with Crippen LogP contribution in [0, 0.1) is 0 Å². The van der Waals surface area contributed by atoms with E-state index in [0.29, 0.717) is 11.6 Å². The van der Waals surface area contributed by atoms with Gasteiger partial charge in [0.25, 0.3) is 0 Å². The Morgan fingerprint density at radius 3 is 2.68 bits per heavy atom. The quantitative estimate of drug-likeness (QED) is 0.760. The molecule has 0 saturated heterocycles. The van der Waals surface area contributed by atoms with Crippen molar-refractivity contribution in [3.05, 3.63) is 48.7 Å². The molecule has 0 atom stereocenters. The zero-order valence-electron chi connectivity index (χ0n) is 10.5. The number of hydrogen-bond acceptors (Lipinski definition) is 4. The largest absolute Gasteiger partial charge is 0.496 e. The maximum Gasteiger partial charge on any atom is 0.165 e. The summed E-state index contributed by atoms with van der Waals surface area (Å²) in [6.07, 6.45) is 1.65. The van der Waals surface area contributed by atoms with Gasteiger partial charge in [-0.2, -0.15) is 0 Å². The summed E-state index contributed by atoms with van der Waals surface area (Å²) in [5.74, 6) is 1.76. The minimum absolute atomic E-state index is 0.444. The van der Waals surface area contributed by atoms with Crippen LogP contribution >= 0.6 is 0 Å². The minimum atomic E-state index is 0.444. The molecule has 4 nitrogen and oxygen atoms in total. The Hall–Kier alpha value is -2.62. The predicted octanol–water partition coefficient (Wildman–Crippen LogP) is 2.89. The molecule has 94 valence electrons. The maximum atomic E-state index is 5.74. The summed E-state index contributed by atoms with van der Waals surface area (Å²) in [6, 6.07) is 13.7. The van der Waals surface area contributed by atoms with E-state index in [1.165, 1.54) is 0 Å². The highest BCUT2D eigenvalue weighted by atomic mass is 16.5. The molecule has 0 bridgehead atoms. The zero-order chi connectivity index (χ0) is 13.2. The van der Waals surface area contributed by atoms with Gasteiger partial charge in [-0.3, -0.25) is 0 Å². The fourth-order valence-corrected chi connectivity index (χ4v) is 2.15. The van der Waals surface area contributed by atoms with Crippen LogP contribution in [0.15, 0.2) is 48.7 Å². The summed E-state index contributed by atoms with van der Waals surface area (Å²) in [6.45, 7) is 0. The van der Waals surface area contributed by atoms with Crippen LogP contribution in [-0.4, -0.2) is 17.1 Å². The Bertz CT molecular complexity index is 740. The molecule has 2 aromatic carbocycles. The molecule has 0 aliphatic rings. The van der Waals surface area contributed by atoms with Gasteiger partial charge in [0.2, 0.25) is 0 Å². The van der Waals surface area contributed by atoms with Crippen molar-refractivity contribution in [1.82, 2.24) is 9.97 Å². The number of rotatable bonds is 2. The average molecular weight is 251 g/mol. The summed E-state index contributed by atoms with van der Waals surface area (Å²) >= 11 is 0. The lowest BCUT2D eigenvalue weighted by molar-refractivity contribution is 0.416. The number of hydrogen-bond donors (Lipinski definition) is 1. The average Bonchev–Trinajstić information content (AvgIpc) is 2.46. The second kappa shape index (κ2) is 4.57. The van der Waals surface area contributed by atoms with Crippen LogP contribution in [0.3, 0.4) is 0 Å². The molecule has 2 N–H and O–H groups in total. The van der Waals surface area contributed by atoms with Gasteiger partial charge in [0.1, 0.15) is 11.6 Å². The van der Waals surface area contributed by atoms with E-state index in [4.69, 9.17) is 10.5 Å². The molecule has 19 heavy (non-hydrogen) atoms. The first kappa shape index (κ1) is 11.5. The Morgan fingerprint density at radius 2 is 1.89 bits per heavy atom. The molecule has 1 heterocycles. The highest BCUT2D eigenvalue weighted by molar-refractivity contribution is 5.98. The standard InChI is InChI=1S/C15H13N3O/c1-19-12-7-6-10-4-2-3-5-11(10)14(12)15-17-9-8-13(16)18-15/h2-9H,1H3,(H2,16,17,18). The Balaban J connectivity index is 2.37. The topological polar surface area (TPSA) is 61.0 Å². The Morgan fingerprint density at radius 1 is 1.05 bits per heavy atom. The minimum Gasteiger partial charge on any atom is -0.496 e. The van der Waals surface area contributed by atoms with Crippen molar-refractivity contribution in [3.8, 4) is 17.1 Å². The lowest BCUT2D eigenvalue weighted by atomic mass is 10.0. The van der Waals surface area contributed by atoms with Gasteiger partial charge in [0.15, 0.2) is 5.82 Å². The first-order valence-electron chi connectivity index (χ1n) is 5.94. The normalized spacial score (nSPS) is 10.6. The second-order valence-corrected chi connectivity index (χ2v) is 4.17. The van der Waals surface area contributed by atoms with E-state index < -0.39 is 0 Å². The van der Waals surface area contributed by atoms with Crippen molar-refractivity contribution in [2.45, 2.75) is 0 Å². The molecule has 0 aliphatic heterocycles. The summed E-state index contributed by atoms with van der Waals surface area (Å²) in [5, 5.41) is 2.16. The molecular weight excluding hydrogens is 238 g/mol. The first-order chi connectivity index (χ1) is 9.29. The van der Waals surface area contributed by atoms with E-state index in [2.05, 4.69) is 9.97 Å². The van der Waals surface area contributed by atoms with E-state index >= 15 is 0 Å². The summed E-state index contributed by atoms with van der Waals surface area (Å²) < 4.78 is 5.43. The lowest BCUT2D eigenvalue weighted by Crippen LogP contribution is -1.97. The molecule has 0 radical (unpaired) electrons. The number of nitrogens with two attached hydrogens (primary N) is 1. The van der Waals surface area contributed by atoms with Crippen molar-refractivity contribution in [3.63, 3.8) is 0 Å².